The fourth-order valence-electron chi connectivity index (χ4n) is 3.59. The van der Waals surface area contributed by atoms with E-state index in [-0.39, 0.29) is 0 Å². The Morgan fingerprint density at radius 2 is 1.89 bits per heavy atom. The Morgan fingerprint density at radius 3 is 2.47 bits per heavy atom. The van der Waals surface area contributed by atoms with E-state index >= 15 is 0 Å². The summed E-state index contributed by atoms with van der Waals surface area (Å²) in [4.78, 5) is 17.0. The van der Waals surface area contributed by atoms with E-state index in [1.165, 1.54) is 25.2 Å². The highest BCUT2D eigenvalue weighted by atomic mass is 35.5. The maximum Gasteiger partial charge on any atom is 0.182 e. The standard InChI is InChI=1S/C14H10ClFN4.C6H8N2.C5H8B2O/c1-7-8(2)20-14-13(19-7)12(17-6-18-14)10-4-3-9(15)5-11(10)16;1-4-7-8(5-1)6-2-3-6;6-5(7)3-1-2-4-8-5/h3-6H,1-2H3;1,4-6H,2-3H2;1-4H2. The third-order valence-electron chi connectivity index (χ3n) is 5.84. The molecule has 6 rings (SSSR count). The summed E-state index contributed by atoms with van der Waals surface area (Å²) < 4.78 is 21.1. The van der Waals surface area contributed by atoms with Crippen molar-refractivity contribution in [2.24, 2.45) is 0 Å². The molecule has 36 heavy (non-hydrogen) atoms. The maximum absolute atomic E-state index is 14.1. The monoisotopic (exact) mass is 502 g/mol. The fourth-order valence-corrected chi connectivity index (χ4v) is 3.75. The van der Waals surface area contributed by atoms with Crippen LogP contribution in [-0.4, -0.2) is 57.4 Å². The van der Waals surface area contributed by atoms with Gasteiger partial charge in [-0.05, 0) is 75.6 Å². The molecule has 0 unspecified atom stereocenters. The molecule has 4 radical (unpaired) electrons. The molecule has 7 nitrogen and oxygen atoms in total. The van der Waals surface area contributed by atoms with Crippen molar-refractivity contribution < 1.29 is 9.13 Å². The lowest BCUT2D eigenvalue weighted by atomic mass is 9.62. The van der Waals surface area contributed by atoms with E-state index < -0.39 is 11.2 Å². The number of rotatable bonds is 2. The van der Waals surface area contributed by atoms with Gasteiger partial charge >= 0.3 is 0 Å². The number of fused-ring (bicyclic) bond motifs is 1. The summed E-state index contributed by atoms with van der Waals surface area (Å²) in [6.07, 6.45) is 10.8. The van der Waals surface area contributed by atoms with Crippen LogP contribution in [0.25, 0.3) is 22.4 Å². The molecule has 0 N–H and O–H groups in total. The molecular weight excluding hydrogens is 476 g/mol. The summed E-state index contributed by atoms with van der Waals surface area (Å²) in [5.74, 6) is -0.447. The average Bonchev–Trinajstić information content (AvgIpc) is 3.54. The molecule has 0 bridgehead atoms. The molecule has 1 saturated heterocycles. The average molecular weight is 503 g/mol. The first-order chi connectivity index (χ1) is 17.2. The lowest BCUT2D eigenvalue weighted by Gasteiger charge is -2.30. The van der Waals surface area contributed by atoms with E-state index in [9.17, 15) is 4.39 Å². The van der Waals surface area contributed by atoms with Crippen LogP contribution in [0.2, 0.25) is 5.02 Å². The third-order valence-corrected chi connectivity index (χ3v) is 6.08. The Kier molecular flexibility index (Phi) is 8.36. The number of aromatic nitrogens is 6. The minimum atomic E-state index is -0.821. The van der Waals surface area contributed by atoms with Crippen LogP contribution in [0.1, 0.15) is 49.5 Å². The molecule has 3 aromatic heterocycles. The highest BCUT2D eigenvalue weighted by molar-refractivity contribution is 6.39. The summed E-state index contributed by atoms with van der Waals surface area (Å²) in [7, 11) is 10.9. The van der Waals surface area contributed by atoms with Crippen molar-refractivity contribution in [1.29, 1.82) is 0 Å². The molecule has 0 spiro atoms. The van der Waals surface area contributed by atoms with Crippen LogP contribution < -0.4 is 0 Å². The highest BCUT2D eigenvalue weighted by Gasteiger charge is 2.23. The number of hydrogen-bond acceptors (Lipinski definition) is 6. The molecule has 4 heterocycles. The van der Waals surface area contributed by atoms with Crippen molar-refractivity contribution in [2.45, 2.75) is 57.4 Å². The zero-order valence-corrected chi connectivity index (χ0v) is 21.1. The summed E-state index contributed by atoms with van der Waals surface area (Å²) in [5, 5.41) is 3.61. The molecule has 0 amide bonds. The predicted octanol–water partition coefficient (Wildman–Crippen LogP) is 4.89. The van der Waals surface area contributed by atoms with Gasteiger partial charge < -0.3 is 4.74 Å². The molecule has 0 atom stereocenters. The summed E-state index contributed by atoms with van der Waals surface area (Å²) in [5.41, 5.74) is 3.24. The first-order valence-corrected chi connectivity index (χ1v) is 12.2. The van der Waals surface area contributed by atoms with Gasteiger partial charge in [0.15, 0.2) is 5.65 Å². The lowest BCUT2D eigenvalue weighted by Crippen LogP contribution is -2.36. The predicted molar refractivity (Wildman–Crippen MR) is 140 cm³/mol. The van der Waals surface area contributed by atoms with Gasteiger partial charge in [-0.1, -0.05) is 11.6 Å². The van der Waals surface area contributed by atoms with E-state index in [1.807, 2.05) is 37.0 Å². The van der Waals surface area contributed by atoms with Crippen molar-refractivity contribution in [3.8, 4) is 11.3 Å². The Bertz CT molecular complexity index is 1310. The van der Waals surface area contributed by atoms with Gasteiger partial charge in [0, 0.05) is 29.6 Å². The topological polar surface area (TPSA) is 78.6 Å². The number of hydrogen-bond donors (Lipinski definition) is 0. The van der Waals surface area contributed by atoms with Crippen LogP contribution in [0.5, 0.6) is 0 Å². The van der Waals surface area contributed by atoms with E-state index in [4.69, 9.17) is 32.0 Å². The molecule has 4 aromatic rings. The van der Waals surface area contributed by atoms with E-state index in [1.54, 1.807) is 12.1 Å². The summed E-state index contributed by atoms with van der Waals surface area (Å²) in [6, 6.07) is 7.15. The second-order valence-corrected chi connectivity index (χ2v) is 9.33. The summed E-state index contributed by atoms with van der Waals surface area (Å²) in [6.45, 7) is 4.41. The van der Waals surface area contributed by atoms with Crippen molar-refractivity contribution in [3.63, 3.8) is 0 Å². The number of nitrogens with zero attached hydrogens (tertiary/aromatic N) is 6. The normalized spacial score (nSPS) is 16.4. The van der Waals surface area contributed by atoms with Gasteiger partial charge in [-0.15, -0.1) is 0 Å². The second-order valence-electron chi connectivity index (χ2n) is 8.89. The van der Waals surface area contributed by atoms with Gasteiger partial charge in [-0.3, -0.25) is 4.68 Å². The van der Waals surface area contributed by atoms with Crippen LogP contribution >= 0.6 is 11.6 Å². The van der Waals surface area contributed by atoms with Crippen molar-refractivity contribution in [3.05, 3.63) is 65.2 Å². The zero-order chi connectivity index (χ0) is 25.7. The first-order valence-electron chi connectivity index (χ1n) is 11.9. The minimum Gasteiger partial charge on any atom is -0.394 e. The Balaban J connectivity index is 0.000000155. The number of ether oxygens (including phenoxy) is 1. The number of aryl methyl sites for hydroxylation is 2. The molecule has 182 valence electrons. The largest absolute Gasteiger partial charge is 0.394 e. The van der Waals surface area contributed by atoms with Gasteiger partial charge in [-0.2, -0.15) is 5.10 Å². The molecule has 2 aliphatic rings. The van der Waals surface area contributed by atoms with E-state index in [0.29, 0.717) is 34.1 Å². The van der Waals surface area contributed by atoms with Crippen LogP contribution in [0, 0.1) is 19.7 Å². The molecular formula is C25H26B2ClFN6O. The van der Waals surface area contributed by atoms with Crippen LogP contribution in [-0.2, 0) is 4.74 Å². The first kappa shape index (κ1) is 26.2. The SMILES string of the molecule is Cc1nc2ncnc(-c3ccc(Cl)cc3F)c2nc1C.[B]C1([B])CCCCO1.c1cnn(C2CC2)c1. The number of halogens is 2. The second kappa shape index (κ2) is 11.5. The molecule has 2 fully saturated rings. The Morgan fingerprint density at radius 1 is 1.11 bits per heavy atom. The van der Waals surface area contributed by atoms with Crippen molar-refractivity contribution in [1.82, 2.24) is 29.7 Å². The molecule has 1 saturated carbocycles. The minimum absolute atomic E-state index is 0.333. The smallest absolute Gasteiger partial charge is 0.182 e. The van der Waals surface area contributed by atoms with Crippen LogP contribution in [0.15, 0.2) is 43.0 Å². The third kappa shape index (κ3) is 6.89. The fraction of sp³-hybridized carbons (Fsp3) is 0.400. The zero-order valence-electron chi connectivity index (χ0n) is 20.4. The van der Waals surface area contributed by atoms with Gasteiger partial charge in [0.2, 0.25) is 0 Å². The van der Waals surface area contributed by atoms with E-state index in [2.05, 4.69) is 25.0 Å². The maximum atomic E-state index is 14.1. The van der Waals surface area contributed by atoms with E-state index in [0.717, 1.165) is 36.7 Å². The summed E-state index contributed by atoms with van der Waals surface area (Å²) >= 11 is 5.77. The molecule has 11 heteroatoms. The Hall–Kier alpha value is -2.84. The van der Waals surface area contributed by atoms with Crippen molar-refractivity contribution >= 4 is 38.5 Å². The quantitative estimate of drug-likeness (QED) is 0.363. The number of benzene rings is 1. The molecule has 1 aliphatic carbocycles. The van der Waals surface area contributed by atoms with Crippen LogP contribution in [0.3, 0.4) is 0 Å². The highest BCUT2D eigenvalue weighted by Crippen LogP contribution is 2.33. The van der Waals surface area contributed by atoms with Gasteiger partial charge in [0.1, 0.15) is 23.4 Å². The van der Waals surface area contributed by atoms with Gasteiger partial charge in [-0.25, -0.2) is 24.3 Å². The Labute approximate surface area is 217 Å². The van der Waals surface area contributed by atoms with Crippen molar-refractivity contribution in [2.75, 3.05) is 6.61 Å². The van der Waals surface area contributed by atoms with Gasteiger partial charge in [0.05, 0.1) is 33.1 Å². The van der Waals surface area contributed by atoms with Crippen LogP contribution in [0.4, 0.5) is 4.39 Å². The molecule has 1 aliphatic heterocycles. The lowest BCUT2D eigenvalue weighted by molar-refractivity contribution is 0.0383. The van der Waals surface area contributed by atoms with Gasteiger partial charge in [0.25, 0.3) is 0 Å². The molecule has 1 aromatic carbocycles.